The van der Waals surface area contributed by atoms with Gasteiger partial charge in [0.15, 0.2) is 5.78 Å². The van der Waals surface area contributed by atoms with E-state index in [-0.39, 0.29) is 31.6 Å². The Morgan fingerprint density at radius 2 is 1.74 bits per heavy atom. The predicted molar refractivity (Wildman–Crippen MR) is 132 cm³/mol. The number of carbonyl (C=O) groups excluding carboxylic acids is 1. The number of aliphatic hydroxyl groups excluding tert-OH is 1. The van der Waals surface area contributed by atoms with E-state index in [9.17, 15) is 4.79 Å². The topological polar surface area (TPSA) is 63.3 Å². The third kappa shape index (κ3) is 4.68. The molecule has 1 saturated carbocycles. The third-order valence-electron chi connectivity index (χ3n) is 5.76. The molecule has 4 nitrogen and oxygen atoms in total. The summed E-state index contributed by atoms with van der Waals surface area (Å²) in [4.78, 5) is 15.0. The Morgan fingerprint density at radius 3 is 2.38 bits per heavy atom. The number of aliphatic hydroxyl groups is 1. The molecule has 1 aliphatic rings. The molecule has 1 N–H and O–H groups in total. The molecule has 1 aliphatic carbocycles. The van der Waals surface area contributed by atoms with E-state index in [2.05, 4.69) is 42.5 Å². The van der Waals surface area contributed by atoms with E-state index in [4.69, 9.17) is 14.5 Å². The number of fused-ring (bicyclic) bond motifs is 5. The molecule has 1 fully saturated rings. The minimum Gasteiger partial charge on any atom is -0.512 e. The van der Waals surface area contributed by atoms with Crippen LogP contribution in [0.1, 0.15) is 38.2 Å². The molecule has 0 unspecified atom stereocenters. The first-order valence-electron chi connectivity index (χ1n) is 11.1. The monoisotopic (exact) mass is 627 g/mol. The first-order chi connectivity index (χ1) is 16.0. The van der Waals surface area contributed by atoms with Crippen LogP contribution < -0.4 is 0 Å². The van der Waals surface area contributed by atoms with Crippen molar-refractivity contribution in [2.45, 2.75) is 32.6 Å². The molecular formula is C29H24IrNO3-. The maximum Gasteiger partial charge on any atom is 0.155 e. The molecule has 1 radical (unpaired) electrons. The summed E-state index contributed by atoms with van der Waals surface area (Å²) < 4.78 is 6.50. The van der Waals surface area contributed by atoms with Gasteiger partial charge in [0.05, 0.1) is 11.3 Å². The fraction of sp³-hybridized carbons (Fsp3) is 0.172. The molecule has 0 aliphatic heterocycles. The molecule has 173 valence electrons. The minimum absolute atomic E-state index is 0. The van der Waals surface area contributed by atoms with E-state index in [1.807, 2.05) is 30.3 Å². The molecule has 5 aromatic rings. The van der Waals surface area contributed by atoms with Gasteiger partial charge in [0.1, 0.15) is 11.2 Å². The van der Waals surface area contributed by atoms with Crippen LogP contribution in [0.2, 0.25) is 0 Å². The van der Waals surface area contributed by atoms with Crippen LogP contribution in [0.3, 0.4) is 0 Å². The van der Waals surface area contributed by atoms with Gasteiger partial charge in [-0.3, -0.25) is 9.78 Å². The van der Waals surface area contributed by atoms with Crippen LogP contribution in [0, 0.1) is 6.07 Å². The van der Waals surface area contributed by atoms with Crippen LogP contribution in [0.5, 0.6) is 0 Å². The van der Waals surface area contributed by atoms with Gasteiger partial charge in [0.25, 0.3) is 0 Å². The Kier molecular flexibility index (Phi) is 6.97. The minimum atomic E-state index is -0.125. The van der Waals surface area contributed by atoms with E-state index in [1.54, 1.807) is 0 Å². The zero-order valence-corrected chi connectivity index (χ0v) is 21.4. The SMILES string of the molecule is CC(=O)/C=C(/C)O.[Ir].[c-]1ccccc1-c1nc2ccccc2c2c1oc1c(C3CC3)cccc12. The summed E-state index contributed by atoms with van der Waals surface area (Å²) in [6.45, 7) is 2.85. The fourth-order valence-electron chi connectivity index (χ4n) is 4.26. The molecule has 5 heteroatoms. The second kappa shape index (κ2) is 9.92. The number of nitrogens with zero attached hydrogens (tertiary/aromatic N) is 1. The first-order valence-corrected chi connectivity index (χ1v) is 11.1. The normalized spacial score (nSPS) is 13.4. The number of para-hydroxylation sites is 2. The predicted octanol–water partition coefficient (Wildman–Crippen LogP) is 7.51. The summed E-state index contributed by atoms with van der Waals surface area (Å²) in [6.07, 6.45) is 3.68. The molecule has 0 atom stereocenters. The summed E-state index contributed by atoms with van der Waals surface area (Å²) in [5.41, 5.74) is 6.07. The molecule has 6 rings (SSSR count). The number of furan rings is 1. The molecule has 2 aromatic heterocycles. The standard InChI is InChI=1S/C24H16NO.C5H8O2.Ir/c1-2-7-16(8-3-1)22-24-21(18-9-4-5-12-20(18)25-22)19-11-6-10-17(15-13-14-15)23(19)26-24;1-4(6)3-5(2)7;/h1-7,9-12,15H,13-14H2;3,6H,1-2H3;/q-1;;/b;4-3-;. The number of aromatic nitrogens is 1. The fourth-order valence-corrected chi connectivity index (χ4v) is 4.26. The second-order valence-electron chi connectivity index (χ2n) is 8.45. The largest absolute Gasteiger partial charge is 0.512 e. The van der Waals surface area contributed by atoms with E-state index >= 15 is 0 Å². The summed E-state index contributed by atoms with van der Waals surface area (Å²) in [6, 6.07) is 26.2. The number of allylic oxidation sites excluding steroid dienone is 2. The third-order valence-corrected chi connectivity index (χ3v) is 5.76. The Hall–Kier alpha value is -3.27. The quantitative estimate of drug-likeness (QED) is 0.128. The average Bonchev–Trinajstić information content (AvgIpc) is 3.57. The Balaban J connectivity index is 0.000000303. The van der Waals surface area contributed by atoms with E-state index in [0.29, 0.717) is 5.92 Å². The van der Waals surface area contributed by atoms with Gasteiger partial charge in [-0.15, -0.1) is 35.9 Å². The van der Waals surface area contributed by atoms with Crippen molar-refractivity contribution in [3.05, 3.63) is 90.2 Å². The van der Waals surface area contributed by atoms with Gasteiger partial charge in [-0.2, -0.15) is 0 Å². The Bertz CT molecular complexity index is 1510. The zero-order valence-electron chi connectivity index (χ0n) is 19.0. The molecule has 0 bridgehead atoms. The van der Waals surface area contributed by atoms with Gasteiger partial charge in [-0.05, 0) is 44.2 Å². The molecule has 0 saturated heterocycles. The van der Waals surface area contributed by atoms with Crippen molar-refractivity contribution in [1.29, 1.82) is 0 Å². The van der Waals surface area contributed by atoms with E-state index < -0.39 is 0 Å². The number of pyridine rings is 1. The molecule has 0 spiro atoms. The van der Waals surface area contributed by atoms with Crippen molar-refractivity contribution in [1.82, 2.24) is 4.98 Å². The number of hydrogen-bond acceptors (Lipinski definition) is 4. The number of rotatable bonds is 3. The second-order valence-corrected chi connectivity index (χ2v) is 8.45. The van der Waals surface area contributed by atoms with Gasteiger partial charge in [0.2, 0.25) is 0 Å². The van der Waals surface area contributed by atoms with Gasteiger partial charge < -0.3 is 9.52 Å². The molecular weight excluding hydrogens is 603 g/mol. The summed E-state index contributed by atoms with van der Waals surface area (Å²) in [7, 11) is 0. The number of hydrogen-bond donors (Lipinski definition) is 1. The van der Waals surface area contributed by atoms with Crippen molar-refractivity contribution in [3.63, 3.8) is 0 Å². The van der Waals surface area contributed by atoms with Crippen LogP contribution >= 0.6 is 0 Å². The van der Waals surface area contributed by atoms with Crippen LogP contribution in [0.25, 0.3) is 44.1 Å². The summed E-state index contributed by atoms with van der Waals surface area (Å²) in [5, 5.41) is 11.9. The first kappa shape index (κ1) is 23.9. The Morgan fingerprint density at radius 1 is 1.00 bits per heavy atom. The number of ketones is 1. The van der Waals surface area contributed by atoms with Crippen molar-refractivity contribution in [3.8, 4) is 11.3 Å². The maximum absolute atomic E-state index is 10.0. The van der Waals surface area contributed by atoms with Crippen molar-refractivity contribution >= 4 is 38.6 Å². The molecule has 0 amide bonds. The zero-order chi connectivity index (χ0) is 22.9. The maximum atomic E-state index is 10.0. The van der Waals surface area contributed by atoms with Crippen LogP contribution in [-0.4, -0.2) is 15.9 Å². The molecule has 34 heavy (non-hydrogen) atoms. The van der Waals surface area contributed by atoms with Gasteiger partial charge in [0, 0.05) is 48.0 Å². The van der Waals surface area contributed by atoms with E-state index in [1.165, 1.54) is 49.1 Å². The van der Waals surface area contributed by atoms with Gasteiger partial charge >= 0.3 is 0 Å². The van der Waals surface area contributed by atoms with Crippen LogP contribution in [0.15, 0.2) is 83.0 Å². The van der Waals surface area contributed by atoms with Crippen molar-refractivity contribution in [2.75, 3.05) is 0 Å². The Labute approximate surface area is 211 Å². The smallest absolute Gasteiger partial charge is 0.155 e. The van der Waals surface area contributed by atoms with Crippen LogP contribution in [0.4, 0.5) is 0 Å². The van der Waals surface area contributed by atoms with Gasteiger partial charge in [-0.1, -0.05) is 36.4 Å². The molecule has 2 heterocycles. The average molecular weight is 627 g/mol. The summed E-state index contributed by atoms with van der Waals surface area (Å²) in [5.74, 6) is 0.581. The summed E-state index contributed by atoms with van der Waals surface area (Å²) >= 11 is 0. The van der Waals surface area contributed by atoms with Crippen LogP contribution in [-0.2, 0) is 24.9 Å². The van der Waals surface area contributed by atoms with Gasteiger partial charge in [-0.25, -0.2) is 0 Å². The number of carbonyl (C=O) groups is 1. The van der Waals surface area contributed by atoms with Crippen molar-refractivity contribution < 1.29 is 34.4 Å². The molecule has 3 aromatic carbocycles. The number of benzene rings is 3. The van der Waals surface area contributed by atoms with E-state index in [0.717, 1.165) is 33.3 Å². The van der Waals surface area contributed by atoms with Crippen molar-refractivity contribution in [2.24, 2.45) is 0 Å².